The fourth-order valence-electron chi connectivity index (χ4n) is 1.93. The summed E-state index contributed by atoms with van der Waals surface area (Å²) in [5.41, 5.74) is 7.65. The number of nitrogens with two attached hydrogens (primary N) is 1. The topological polar surface area (TPSA) is 66.0 Å². The highest BCUT2D eigenvalue weighted by molar-refractivity contribution is 5.27. The average molecular weight is 274 g/mol. The van der Waals surface area contributed by atoms with Crippen molar-refractivity contribution in [1.29, 1.82) is 0 Å². The summed E-state index contributed by atoms with van der Waals surface area (Å²) in [5, 5.41) is 7.91. The van der Waals surface area contributed by atoms with Crippen LogP contribution in [0.1, 0.15) is 31.0 Å². The fourth-order valence-corrected chi connectivity index (χ4v) is 1.93. The Morgan fingerprint density at radius 3 is 2.70 bits per heavy atom. The maximum atomic E-state index is 5.69. The number of hydrogen-bond acceptors (Lipinski definition) is 4. The predicted molar refractivity (Wildman–Crippen MR) is 78.5 cm³/mol. The highest BCUT2D eigenvalue weighted by atomic mass is 16.5. The summed E-state index contributed by atoms with van der Waals surface area (Å²) < 4.78 is 7.44. The van der Waals surface area contributed by atoms with Gasteiger partial charge in [-0.15, -0.1) is 5.10 Å². The van der Waals surface area contributed by atoms with Crippen LogP contribution < -0.4 is 10.5 Å². The van der Waals surface area contributed by atoms with Gasteiger partial charge in [0.25, 0.3) is 0 Å². The van der Waals surface area contributed by atoms with Gasteiger partial charge in [0.2, 0.25) is 0 Å². The maximum absolute atomic E-state index is 5.69. The number of ether oxygens (including phenoxy) is 1. The lowest BCUT2D eigenvalue weighted by Gasteiger charge is -2.07. The quantitative estimate of drug-likeness (QED) is 0.801. The van der Waals surface area contributed by atoms with Crippen LogP contribution >= 0.6 is 0 Å². The van der Waals surface area contributed by atoms with E-state index in [2.05, 4.69) is 29.4 Å². The van der Waals surface area contributed by atoms with Crippen molar-refractivity contribution < 1.29 is 4.74 Å². The minimum absolute atomic E-state index is 0.417. The molecule has 0 saturated heterocycles. The van der Waals surface area contributed by atoms with E-state index >= 15 is 0 Å². The Labute approximate surface area is 119 Å². The highest BCUT2D eigenvalue weighted by Crippen LogP contribution is 2.13. The zero-order chi connectivity index (χ0) is 14.2. The molecule has 1 heterocycles. The molecule has 0 spiro atoms. The molecule has 5 heteroatoms. The van der Waals surface area contributed by atoms with E-state index in [1.807, 2.05) is 18.3 Å². The van der Waals surface area contributed by atoms with Crippen LogP contribution in [0.25, 0.3) is 0 Å². The molecule has 0 amide bonds. The Morgan fingerprint density at radius 1 is 1.25 bits per heavy atom. The minimum atomic E-state index is 0.417. The number of unbranched alkanes of at least 4 members (excludes halogenated alkanes) is 1. The predicted octanol–water partition coefficient (Wildman–Crippen LogP) is 2.16. The Balaban J connectivity index is 1.76. The molecule has 2 N–H and O–H groups in total. The van der Waals surface area contributed by atoms with Gasteiger partial charge in [-0.25, -0.2) is 4.68 Å². The Morgan fingerprint density at radius 2 is 2.05 bits per heavy atom. The van der Waals surface area contributed by atoms with Crippen LogP contribution in [0.15, 0.2) is 30.5 Å². The number of hydrogen-bond donors (Lipinski definition) is 1. The molecule has 0 atom stereocenters. The molecule has 0 bridgehead atoms. The molecule has 1 aromatic carbocycles. The van der Waals surface area contributed by atoms with Gasteiger partial charge in [-0.2, -0.15) is 0 Å². The zero-order valence-electron chi connectivity index (χ0n) is 12.0. The lowest BCUT2D eigenvalue weighted by Crippen LogP contribution is -2.08. The summed E-state index contributed by atoms with van der Waals surface area (Å²) in [6, 6.07) is 8.31. The highest BCUT2D eigenvalue weighted by Gasteiger charge is 1.99. The van der Waals surface area contributed by atoms with Crippen LogP contribution in [-0.2, 0) is 19.5 Å². The van der Waals surface area contributed by atoms with Crippen molar-refractivity contribution in [2.75, 3.05) is 6.61 Å². The van der Waals surface area contributed by atoms with Gasteiger partial charge in [-0.05, 0) is 30.5 Å². The number of benzene rings is 1. The Hall–Kier alpha value is -1.88. The average Bonchev–Trinajstić information content (AvgIpc) is 2.94. The van der Waals surface area contributed by atoms with Gasteiger partial charge in [0, 0.05) is 12.7 Å². The van der Waals surface area contributed by atoms with E-state index in [9.17, 15) is 0 Å². The number of aryl methyl sites for hydroxylation is 1. The van der Waals surface area contributed by atoms with E-state index in [0.29, 0.717) is 19.7 Å². The largest absolute Gasteiger partial charge is 0.492 e. The third-order valence-electron chi connectivity index (χ3n) is 3.13. The fraction of sp³-hybridized carbons (Fsp3) is 0.467. The second kappa shape index (κ2) is 7.65. The summed E-state index contributed by atoms with van der Waals surface area (Å²) in [6.07, 6.45) is 5.44. The third-order valence-corrected chi connectivity index (χ3v) is 3.13. The molecular weight excluding hydrogens is 252 g/mol. The summed E-state index contributed by atoms with van der Waals surface area (Å²) in [7, 11) is 0. The van der Waals surface area contributed by atoms with Crippen LogP contribution in [0.4, 0.5) is 0 Å². The van der Waals surface area contributed by atoms with E-state index in [4.69, 9.17) is 10.5 Å². The zero-order valence-corrected chi connectivity index (χ0v) is 12.0. The second-order valence-electron chi connectivity index (χ2n) is 4.77. The van der Waals surface area contributed by atoms with Crippen LogP contribution in [0, 0.1) is 0 Å². The number of aromatic nitrogens is 3. The Bertz CT molecular complexity index is 507. The first-order valence-electron chi connectivity index (χ1n) is 7.12. The molecule has 0 unspecified atom stereocenters. The van der Waals surface area contributed by atoms with Crippen molar-refractivity contribution >= 4 is 0 Å². The van der Waals surface area contributed by atoms with E-state index < -0.39 is 0 Å². The molecule has 2 rings (SSSR count). The van der Waals surface area contributed by atoms with Crippen LogP contribution in [0.3, 0.4) is 0 Å². The van der Waals surface area contributed by atoms with Crippen LogP contribution in [-0.4, -0.2) is 21.6 Å². The van der Waals surface area contributed by atoms with Crippen molar-refractivity contribution in [3.05, 3.63) is 41.7 Å². The maximum Gasteiger partial charge on any atom is 0.119 e. The normalized spacial score (nSPS) is 10.7. The molecule has 0 fully saturated rings. The van der Waals surface area contributed by atoms with Gasteiger partial charge >= 0.3 is 0 Å². The SMILES string of the molecule is CCCCc1ccc(OCCn2cc(CN)nn2)cc1. The smallest absolute Gasteiger partial charge is 0.119 e. The van der Waals surface area contributed by atoms with Gasteiger partial charge < -0.3 is 10.5 Å². The molecule has 1 aromatic heterocycles. The third kappa shape index (κ3) is 4.35. The molecule has 108 valence electrons. The van der Waals surface area contributed by atoms with E-state index in [1.165, 1.54) is 18.4 Å². The monoisotopic (exact) mass is 274 g/mol. The van der Waals surface area contributed by atoms with E-state index in [1.54, 1.807) is 4.68 Å². The van der Waals surface area contributed by atoms with Crippen molar-refractivity contribution in [1.82, 2.24) is 15.0 Å². The molecule has 0 aliphatic carbocycles. The van der Waals surface area contributed by atoms with Gasteiger partial charge in [0.15, 0.2) is 0 Å². The second-order valence-corrected chi connectivity index (χ2v) is 4.77. The summed E-state index contributed by atoms with van der Waals surface area (Å²) in [6.45, 7) is 3.87. The summed E-state index contributed by atoms with van der Waals surface area (Å²) in [4.78, 5) is 0. The van der Waals surface area contributed by atoms with Crippen molar-refractivity contribution in [3.63, 3.8) is 0 Å². The molecule has 0 radical (unpaired) electrons. The Kier molecular flexibility index (Phi) is 5.55. The van der Waals surface area contributed by atoms with Crippen LogP contribution in [0.5, 0.6) is 5.75 Å². The minimum Gasteiger partial charge on any atom is -0.492 e. The molecule has 5 nitrogen and oxygen atoms in total. The van der Waals surface area contributed by atoms with E-state index in [0.717, 1.165) is 17.9 Å². The molecule has 0 aliphatic heterocycles. The van der Waals surface area contributed by atoms with Gasteiger partial charge in [-0.3, -0.25) is 0 Å². The van der Waals surface area contributed by atoms with Gasteiger partial charge in [0.1, 0.15) is 12.4 Å². The summed E-state index contributed by atoms with van der Waals surface area (Å²) >= 11 is 0. The van der Waals surface area contributed by atoms with E-state index in [-0.39, 0.29) is 0 Å². The first kappa shape index (κ1) is 14.5. The van der Waals surface area contributed by atoms with Gasteiger partial charge in [0.05, 0.1) is 12.2 Å². The number of nitrogens with zero attached hydrogens (tertiary/aromatic N) is 3. The van der Waals surface area contributed by atoms with Crippen LogP contribution in [0.2, 0.25) is 0 Å². The first-order valence-corrected chi connectivity index (χ1v) is 7.12. The molecule has 2 aromatic rings. The van der Waals surface area contributed by atoms with Crippen molar-refractivity contribution in [2.45, 2.75) is 39.3 Å². The van der Waals surface area contributed by atoms with Gasteiger partial charge in [-0.1, -0.05) is 30.7 Å². The lowest BCUT2D eigenvalue weighted by molar-refractivity contribution is 0.289. The first-order chi connectivity index (χ1) is 9.81. The summed E-state index contributed by atoms with van der Waals surface area (Å²) in [5.74, 6) is 0.893. The standard InChI is InChI=1S/C15H22N4O/c1-2-3-4-13-5-7-15(8-6-13)20-10-9-19-12-14(11-16)17-18-19/h5-8,12H,2-4,9-11,16H2,1H3. The number of rotatable bonds is 8. The molecule has 20 heavy (non-hydrogen) atoms. The van der Waals surface area contributed by atoms with Crippen molar-refractivity contribution in [3.8, 4) is 5.75 Å². The molecular formula is C15H22N4O. The van der Waals surface area contributed by atoms with Crippen molar-refractivity contribution in [2.24, 2.45) is 5.73 Å². The lowest BCUT2D eigenvalue weighted by atomic mass is 10.1. The molecule has 0 aliphatic rings. The molecule has 0 saturated carbocycles.